The lowest BCUT2D eigenvalue weighted by Crippen LogP contribution is -2.20. The molecule has 1 aromatic heterocycles. The molecule has 0 saturated heterocycles. The summed E-state index contributed by atoms with van der Waals surface area (Å²) >= 11 is 0. The first-order chi connectivity index (χ1) is 8.64. The average molecular weight is 241 g/mol. The summed E-state index contributed by atoms with van der Waals surface area (Å²) in [5.74, 6) is 0. The van der Waals surface area contributed by atoms with Crippen LogP contribution in [0.25, 0.3) is 5.69 Å². The topological polar surface area (TPSA) is 43.8 Å². The molecule has 0 unspecified atom stereocenters. The Balaban J connectivity index is 2.03. The first kappa shape index (κ1) is 11.5. The van der Waals surface area contributed by atoms with E-state index in [4.69, 9.17) is 10.8 Å². The highest BCUT2D eigenvalue weighted by Crippen LogP contribution is 2.46. The minimum atomic E-state index is 0.167. The molecule has 3 nitrogen and oxygen atoms in total. The van der Waals surface area contributed by atoms with E-state index < -0.39 is 0 Å². The monoisotopic (exact) mass is 241 g/mol. The van der Waals surface area contributed by atoms with Crippen molar-refractivity contribution < 1.29 is 0 Å². The van der Waals surface area contributed by atoms with Crippen molar-refractivity contribution in [1.29, 1.82) is 0 Å². The van der Waals surface area contributed by atoms with Crippen LogP contribution >= 0.6 is 0 Å². The third-order valence-corrected chi connectivity index (χ3v) is 3.92. The number of aromatic nitrogens is 2. The Hall–Kier alpha value is -1.61. The van der Waals surface area contributed by atoms with E-state index in [0.717, 1.165) is 11.4 Å². The van der Waals surface area contributed by atoms with Gasteiger partial charge in [0.2, 0.25) is 0 Å². The average Bonchev–Trinajstić information content (AvgIpc) is 3.07. The predicted molar refractivity (Wildman–Crippen MR) is 73.0 cm³/mol. The van der Waals surface area contributed by atoms with E-state index >= 15 is 0 Å². The van der Waals surface area contributed by atoms with Crippen molar-refractivity contribution in [2.45, 2.75) is 32.1 Å². The number of hydrogen-bond acceptors (Lipinski definition) is 2. The first-order valence-electron chi connectivity index (χ1n) is 6.49. The van der Waals surface area contributed by atoms with Crippen molar-refractivity contribution in [3.8, 4) is 5.69 Å². The number of aryl methyl sites for hydroxylation is 2. The summed E-state index contributed by atoms with van der Waals surface area (Å²) in [7, 11) is 0. The van der Waals surface area contributed by atoms with Crippen molar-refractivity contribution in [2.75, 3.05) is 6.54 Å². The lowest BCUT2D eigenvalue weighted by atomic mass is 10.0. The second kappa shape index (κ2) is 3.95. The summed E-state index contributed by atoms with van der Waals surface area (Å²) in [6.07, 6.45) is 2.35. The standard InChI is InChI=1S/C15H19N3/c1-11-4-3-5-13(8-11)18-12(2)9-14(17-18)15(10-16)6-7-15/h3-5,8-9H,6-7,10,16H2,1-2H3. The van der Waals surface area contributed by atoms with Gasteiger partial charge in [-0.25, -0.2) is 4.68 Å². The zero-order valence-electron chi connectivity index (χ0n) is 11.0. The third kappa shape index (κ3) is 1.75. The molecule has 1 fully saturated rings. The van der Waals surface area contributed by atoms with Crippen LogP contribution in [0.2, 0.25) is 0 Å². The van der Waals surface area contributed by atoms with E-state index in [1.54, 1.807) is 0 Å². The van der Waals surface area contributed by atoms with E-state index in [-0.39, 0.29) is 5.41 Å². The lowest BCUT2D eigenvalue weighted by Gasteiger charge is -2.08. The maximum absolute atomic E-state index is 5.87. The second-order valence-corrected chi connectivity index (χ2v) is 5.41. The molecule has 0 aliphatic heterocycles. The molecule has 0 radical (unpaired) electrons. The van der Waals surface area contributed by atoms with Gasteiger partial charge in [0.1, 0.15) is 0 Å². The largest absolute Gasteiger partial charge is 0.330 e. The molecule has 1 aromatic carbocycles. The van der Waals surface area contributed by atoms with Crippen LogP contribution in [0.5, 0.6) is 0 Å². The highest BCUT2D eigenvalue weighted by Gasteiger charge is 2.45. The van der Waals surface area contributed by atoms with E-state index in [9.17, 15) is 0 Å². The van der Waals surface area contributed by atoms with Crippen molar-refractivity contribution in [3.05, 3.63) is 47.3 Å². The molecule has 0 spiro atoms. The van der Waals surface area contributed by atoms with Crippen molar-refractivity contribution in [1.82, 2.24) is 9.78 Å². The number of hydrogen-bond donors (Lipinski definition) is 1. The van der Waals surface area contributed by atoms with Gasteiger partial charge < -0.3 is 5.73 Å². The molecule has 3 heteroatoms. The Labute approximate surface area is 108 Å². The minimum Gasteiger partial charge on any atom is -0.330 e. The summed E-state index contributed by atoms with van der Waals surface area (Å²) in [4.78, 5) is 0. The third-order valence-electron chi connectivity index (χ3n) is 3.92. The number of benzene rings is 1. The Morgan fingerprint density at radius 1 is 1.28 bits per heavy atom. The zero-order chi connectivity index (χ0) is 12.8. The molecule has 2 aromatic rings. The molecular weight excluding hydrogens is 222 g/mol. The van der Waals surface area contributed by atoms with E-state index in [1.807, 2.05) is 4.68 Å². The fraction of sp³-hybridized carbons (Fsp3) is 0.400. The molecule has 0 amide bonds. The van der Waals surface area contributed by atoms with Gasteiger partial charge in [-0.05, 0) is 50.5 Å². The van der Waals surface area contributed by atoms with Gasteiger partial charge in [0.25, 0.3) is 0 Å². The summed E-state index contributed by atoms with van der Waals surface area (Å²) < 4.78 is 2.03. The van der Waals surface area contributed by atoms with Crippen LogP contribution in [0.4, 0.5) is 0 Å². The predicted octanol–water partition coefficient (Wildman–Crippen LogP) is 2.48. The van der Waals surface area contributed by atoms with Gasteiger partial charge in [0.05, 0.1) is 11.4 Å². The number of nitrogens with two attached hydrogens (primary N) is 1. The highest BCUT2D eigenvalue weighted by molar-refractivity contribution is 5.38. The Bertz CT molecular complexity index is 579. The molecule has 0 bridgehead atoms. The van der Waals surface area contributed by atoms with E-state index in [1.165, 1.54) is 24.1 Å². The lowest BCUT2D eigenvalue weighted by molar-refractivity contribution is 0.660. The van der Waals surface area contributed by atoms with E-state index in [2.05, 4.69) is 44.2 Å². The summed E-state index contributed by atoms with van der Waals surface area (Å²) in [5, 5.41) is 4.76. The van der Waals surface area contributed by atoms with Crippen molar-refractivity contribution in [3.63, 3.8) is 0 Å². The maximum atomic E-state index is 5.87. The number of nitrogens with zero attached hydrogens (tertiary/aromatic N) is 2. The molecule has 94 valence electrons. The SMILES string of the molecule is Cc1cccc(-n2nc(C3(CN)CC3)cc2C)c1. The van der Waals surface area contributed by atoms with Crippen LogP contribution in [0, 0.1) is 13.8 Å². The smallest absolute Gasteiger partial charge is 0.0706 e. The van der Waals surface area contributed by atoms with Gasteiger partial charge in [0, 0.05) is 17.7 Å². The Morgan fingerprint density at radius 3 is 2.67 bits per heavy atom. The molecule has 1 heterocycles. The van der Waals surface area contributed by atoms with Gasteiger partial charge in [-0.3, -0.25) is 0 Å². The van der Waals surface area contributed by atoms with Crippen LogP contribution < -0.4 is 5.73 Å². The van der Waals surface area contributed by atoms with Crippen LogP contribution in [-0.2, 0) is 5.41 Å². The molecule has 1 saturated carbocycles. The van der Waals surface area contributed by atoms with Crippen LogP contribution in [0.3, 0.4) is 0 Å². The summed E-state index contributed by atoms with van der Waals surface area (Å²) in [6, 6.07) is 10.6. The van der Waals surface area contributed by atoms with E-state index in [0.29, 0.717) is 6.54 Å². The first-order valence-corrected chi connectivity index (χ1v) is 6.49. The van der Waals surface area contributed by atoms with Gasteiger partial charge in [0.15, 0.2) is 0 Å². The van der Waals surface area contributed by atoms with Crippen molar-refractivity contribution in [2.24, 2.45) is 5.73 Å². The van der Waals surface area contributed by atoms with Gasteiger partial charge in [-0.15, -0.1) is 0 Å². The molecule has 18 heavy (non-hydrogen) atoms. The summed E-state index contributed by atoms with van der Waals surface area (Å²) in [5.41, 5.74) is 10.8. The maximum Gasteiger partial charge on any atom is 0.0706 e. The number of rotatable bonds is 3. The fourth-order valence-electron chi connectivity index (χ4n) is 2.47. The zero-order valence-corrected chi connectivity index (χ0v) is 11.0. The van der Waals surface area contributed by atoms with Crippen LogP contribution in [0.15, 0.2) is 30.3 Å². The van der Waals surface area contributed by atoms with Crippen molar-refractivity contribution >= 4 is 0 Å². The molecular formula is C15H19N3. The molecule has 3 rings (SSSR count). The van der Waals surface area contributed by atoms with Crippen LogP contribution in [-0.4, -0.2) is 16.3 Å². The second-order valence-electron chi connectivity index (χ2n) is 5.41. The fourth-order valence-corrected chi connectivity index (χ4v) is 2.47. The van der Waals surface area contributed by atoms with Gasteiger partial charge in [-0.1, -0.05) is 12.1 Å². The Kier molecular flexibility index (Phi) is 2.52. The van der Waals surface area contributed by atoms with Gasteiger partial charge in [-0.2, -0.15) is 5.10 Å². The minimum absolute atomic E-state index is 0.167. The van der Waals surface area contributed by atoms with Crippen LogP contribution in [0.1, 0.15) is 29.8 Å². The molecule has 2 N–H and O–H groups in total. The molecule has 1 aliphatic carbocycles. The molecule has 0 atom stereocenters. The normalized spacial score (nSPS) is 16.8. The quantitative estimate of drug-likeness (QED) is 0.897. The van der Waals surface area contributed by atoms with Gasteiger partial charge >= 0.3 is 0 Å². The highest BCUT2D eigenvalue weighted by atomic mass is 15.3. The Morgan fingerprint density at radius 2 is 2.06 bits per heavy atom. The summed E-state index contributed by atoms with van der Waals surface area (Å²) in [6.45, 7) is 4.91. The molecule has 1 aliphatic rings.